The molecule has 0 amide bonds. The van der Waals surface area contributed by atoms with Gasteiger partial charge in [0.05, 0.1) is 12.3 Å². The van der Waals surface area contributed by atoms with Crippen LogP contribution in [0.5, 0.6) is 5.75 Å². The number of ether oxygens (including phenoxy) is 2. The Labute approximate surface area is 107 Å². The van der Waals surface area contributed by atoms with Crippen LogP contribution in [-0.2, 0) is 4.74 Å². The van der Waals surface area contributed by atoms with Gasteiger partial charge in [0.25, 0.3) is 0 Å². The molecule has 5 heteroatoms. The fourth-order valence-corrected chi connectivity index (χ4v) is 1.53. The van der Waals surface area contributed by atoms with E-state index in [2.05, 4.69) is 5.16 Å². The Morgan fingerprint density at radius 2 is 2.11 bits per heavy atom. The zero-order valence-corrected chi connectivity index (χ0v) is 10.9. The fraction of sp³-hybridized carbons (Fsp3) is 0.462. The molecule has 1 rings (SSSR count). The standard InChI is InChI=1S/C13H19NO4/c1-9-4-5-13(12(6-9)10(2)14-16)18-8-11(15)7-17-3/h4-6,11,15-16H,7-8H2,1-3H3. The lowest BCUT2D eigenvalue weighted by atomic mass is 10.1. The highest BCUT2D eigenvalue weighted by molar-refractivity contribution is 6.00. The predicted molar refractivity (Wildman–Crippen MR) is 68.6 cm³/mol. The largest absolute Gasteiger partial charge is 0.490 e. The molecule has 1 atom stereocenters. The second-order valence-electron chi connectivity index (χ2n) is 4.11. The first-order chi connectivity index (χ1) is 8.58. The highest BCUT2D eigenvalue weighted by Gasteiger charge is 2.10. The second-order valence-corrected chi connectivity index (χ2v) is 4.11. The topological polar surface area (TPSA) is 71.3 Å². The Morgan fingerprint density at radius 1 is 1.39 bits per heavy atom. The van der Waals surface area contributed by atoms with Crippen molar-refractivity contribution in [3.8, 4) is 5.75 Å². The molecule has 0 saturated carbocycles. The molecule has 0 fully saturated rings. The van der Waals surface area contributed by atoms with Crippen molar-refractivity contribution in [2.45, 2.75) is 20.0 Å². The SMILES string of the molecule is COCC(O)COc1ccc(C)cc1C(C)=NO. The fourth-order valence-electron chi connectivity index (χ4n) is 1.53. The minimum Gasteiger partial charge on any atom is -0.490 e. The van der Waals surface area contributed by atoms with Crippen molar-refractivity contribution in [2.24, 2.45) is 5.16 Å². The maximum atomic E-state index is 9.52. The molecule has 100 valence electrons. The normalized spacial score (nSPS) is 13.4. The lowest BCUT2D eigenvalue weighted by Gasteiger charge is -2.14. The third-order valence-electron chi connectivity index (χ3n) is 2.47. The number of oxime groups is 1. The number of aliphatic hydroxyl groups excluding tert-OH is 1. The van der Waals surface area contributed by atoms with Gasteiger partial charge in [-0.05, 0) is 26.0 Å². The summed E-state index contributed by atoms with van der Waals surface area (Å²) in [5.74, 6) is 0.575. The average molecular weight is 253 g/mol. The van der Waals surface area contributed by atoms with Crippen LogP contribution in [-0.4, -0.2) is 42.5 Å². The summed E-state index contributed by atoms with van der Waals surface area (Å²) in [6, 6.07) is 5.55. The number of benzene rings is 1. The molecule has 18 heavy (non-hydrogen) atoms. The van der Waals surface area contributed by atoms with Crippen LogP contribution in [0, 0.1) is 6.92 Å². The Bertz CT molecular complexity index is 417. The van der Waals surface area contributed by atoms with E-state index in [1.54, 1.807) is 13.0 Å². The van der Waals surface area contributed by atoms with Gasteiger partial charge in [-0.25, -0.2) is 0 Å². The van der Waals surface area contributed by atoms with Crippen LogP contribution in [0.2, 0.25) is 0 Å². The van der Waals surface area contributed by atoms with Gasteiger partial charge in [0.15, 0.2) is 0 Å². The van der Waals surface area contributed by atoms with Gasteiger partial charge < -0.3 is 19.8 Å². The lowest BCUT2D eigenvalue weighted by Crippen LogP contribution is -2.23. The average Bonchev–Trinajstić information content (AvgIpc) is 2.36. The van der Waals surface area contributed by atoms with Crippen LogP contribution in [0.3, 0.4) is 0 Å². The molecule has 0 aliphatic heterocycles. The van der Waals surface area contributed by atoms with Crippen molar-refractivity contribution in [1.29, 1.82) is 0 Å². The summed E-state index contributed by atoms with van der Waals surface area (Å²) in [6.07, 6.45) is -0.685. The molecule has 0 aliphatic rings. The number of methoxy groups -OCH3 is 1. The Morgan fingerprint density at radius 3 is 2.72 bits per heavy atom. The lowest BCUT2D eigenvalue weighted by molar-refractivity contribution is 0.0325. The van der Waals surface area contributed by atoms with Crippen LogP contribution in [0.15, 0.2) is 23.4 Å². The van der Waals surface area contributed by atoms with E-state index in [1.807, 2.05) is 19.1 Å². The molecule has 0 bridgehead atoms. The van der Waals surface area contributed by atoms with Crippen molar-refractivity contribution in [3.05, 3.63) is 29.3 Å². The van der Waals surface area contributed by atoms with E-state index in [4.69, 9.17) is 14.7 Å². The van der Waals surface area contributed by atoms with E-state index in [9.17, 15) is 5.11 Å². The number of nitrogens with zero attached hydrogens (tertiary/aromatic N) is 1. The minimum absolute atomic E-state index is 0.128. The summed E-state index contributed by atoms with van der Waals surface area (Å²) in [6.45, 7) is 3.97. The van der Waals surface area contributed by atoms with Crippen molar-refractivity contribution in [3.63, 3.8) is 0 Å². The van der Waals surface area contributed by atoms with Crippen molar-refractivity contribution >= 4 is 5.71 Å². The van der Waals surface area contributed by atoms with Crippen LogP contribution in [0.4, 0.5) is 0 Å². The molecule has 1 aromatic rings. The maximum Gasteiger partial charge on any atom is 0.128 e. The monoisotopic (exact) mass is 253 g/mol. The minimum atomic E-state index is -0.685. The predicted octanol–water partition coefficient (Wildman–Crippen LogP) is 1.58. The molecule has 0 aliphatic carbocycles. The quantitative estimate of drug-likeness (QED) is 0.458. The van der Waals surface area contributed by atoms with Gasteiger partial charge in [-0.15, -0.1) is 0 Å². The molecule has 1 unspecified atom stereocenters. The molecule has 2 N–H and O–H groups in total. The molecule has 5 nitrogen and oxygen atoms in total. The molecular weight excluding hydrogens is 234 g/mol. The summed E-state index contributed by atoms with van der Waals surface area (Å²) in [5.41, 5.74) is 2.22. The summed E-state index contributed by atoms with van der Waals surface area (Å²) >= 11 is 0. The van der Waals surface area contributed by atoms with Gasteiger partial charge in [0.1, 0.15) is 18.5 Å². The van der Waals surface area contributed by atoms with E-state index >= 15 is 0 Å². The van der Waals surface area contributed by atoms with Crippen molar-refractivity contribution < 1.29 is 19.8 Å². The number of hydrogen-bond acceptors (Lipinski definition) is 5. The highest BCUT2D eigenvalue weighted by Crippen LogP contribution is 2.21. The molecule has 1 aromatic carbocycles. The molecule has 0 heterocycles. The van der Waals surface area contributed by atoms with E-state index in [0.717, 1.165) is 5.56 Å². The zero-order chi connectivity index (χ0) is 13.5. The molecule has 0 radical (unpaired) electrons. The van der Waals surface area contributed by atoms with Gasteiger partial charge in [0.2, 0.25) is 0 Å². The molecular formula is C13H19NO4. The van der Waals surface area contributed by atoms with Crippen LogP contribution in [0.1, 0.15) is 18.1 Å². The number of rotatable bonds is 6. The van der Waals surface area contributed by atoms with Gasteiger partial charge in [-0.3, -0.25) is 0 Å². The molecule has 0 spiro atoms. The summed E-state index contributed by atoms with van der Waals surface area (Å²) in [7, 11) is 1.52. The number of hydrogen-bond donors (Lipinski definition) is 2. The molecule has 0 saturated heterocycles. The summed E-state index contributed by atoms with van der Waals surface area (Å²) < 4.78 is 10.3. The summed E-state index contributed by atoms with van der Waals surface area (Å²) in [5, 5.41) is 21.5. The second kappa shape index (κ2) is 6.98. The van der Waals surface area contributed by atoms with Gasteiger partial charge in [-0.2, -0.15) is 0 Å². The van der Waals surface area contributed by atoms with Crippen LogP contribution >= 0.6 is 0 Å². The smallest absolute Gasteiger partial charge is 0.128 e. The molecule has 0 aromatic heterocycles. The Kier molecular flexibility index (Phi) is 5.61. The van der Waals surface area contributed by atoms with Gasteiger partial charge >= 0.3 is 0 Å². The van der Waals surface area contributed by atoms with Crippen molar-refractivity contribution in [1.82, 2.24) is 0 Å². The third-order valence-corrected chi connectivity index (χ3v) is 2.47. The van der Waals surface area contributed by atoms with Crippen LogP contribution in [0.25, 0.3) is 0 Å². The maximum absolute atomic E-state index is 9.52. The first-order valence-electron chi connectivity index (χ1n) is 5.68. The first-order valence-corrected chi connectivity index (χ1v) is 5.68. The van der Waals surface area contributed by atoms with Gasteiger partial charge in [-0.1, -0.05) is 16.8 Å². The summed E-state index contributed by atoms with van der Waals surface area (Å²) in [4.78, 5) is 0. The Hall–Kier alpha value is -1.59. The first kappa shape index (κ1) is 14.5. The van der Waals surface area contributed by atoms with E-state index in [0.29, 0.717) is 17.0 Å². The zero-order valence-electron chi connectivity index (χ0n) is 10.9. The van der Waals surface area contributed by atoms with E-state index in [1.165, 1.54) is 7.11 Å². The van der Waals surface area contributed by atoms with E-state index < -0.39 is 6.10 Å². The highest BCUT2D eigenvalue weighted by atomic mass is 16.5. The van der Waals surface area contributed by atoms with Crippen LogP contribution < -0.4 is 4.74 Å². The van der Waals surface area contributed by atoms with E-state index in [-0.39, 0.29) is 13.2 Å². The van der Waals surface area contributed by atoms with Crippen molar-refractivity contribution in [2.75, 3.05) is 20.3 Å². The number of aryl methyl sites for hydroxylation is 1. The number of aliphatic hydroxyl groups is 1. The third kappa shape index (κ3) is 4.01. The Balaban J connectivity index is 2.82. The van der Waals surface area contributed by atoms with Gasteiger partial charge in [0, 0.05) is 12.7 Å².